The molecule has 1 saturated heterocycles. The molecule has 2 heteroatoms. The molecule has 0 amide bonds. The molecule has 0 bridgehead atoms. The molecule has 1 radical (unpaired) electrons. The van der Waals surface area contributed by atoms with E-state index >= 15 is 0 Å². The molecule has 1 aliphatic rings. The molecular formula is C6H12NY-. The van der Waals surface area contributed by atoms with Gasteiger partial charge in [0.05, 0.1) is 0 Å². The molecule has 1 fully saturated rings. The third-order valence-corrected chi connectivity index (χ3v) is 1.41. The monoisotopic (exact) mass is 187 g/mol. The fourth-order valence-electron chi connectivity index (χ4n) is 0.854. The maximum Gasteiger partial charge on any atom is 0 e. The van der Waals surface area contributed by atoms with Crippen molar-refractivity contribution in [1.82, 2.24) is 5.32 Å². The van der Waals surface area contributed by atoms with Crippen LogP contribution in [-0.4, -0.2) is 5.54 Å². The van der Waals surface area contributed by atoms with Gasteiger partial charge in [-0.3, -0.25) is 6.54 Å². The van der Waals surface area contributed by atoms with E-state index in [9.17, 15) is 0 Å². The molecule has 1 N–H and O–H groups in total. The summed E-state index contributed by atoms with van der Waals surface area (Å²) in [4.78, 5) is 0. The molecule has 8 heavy (non-hydrogen) atoms. The van der Waals surface area contributed by atoms with Gasteiger partial charge in [0, 0.05) is 32.7 Å². The van der Waals surface area contributed by atoms with Crippen LogP contribution in [0.15, 0.2) is 0 Å². The van der Waals surface area contributed by atoms with Gasteiger partial charge in [0.15, 0.2) is 0 Å². The predicted molar refractivity (Wildman–Crippen MR) is 30.7 cm³/mol. The Kier molecular flexibility index (Phi) is 3.72. The first kappa shape index (κ1) is 9.06. The van der Waals surface area contributed by atoms with Crippen molar-refractivity contribution in [1.29, 1.82) is 0 Å². The minimum atomic E-state index is 0. The zero-order chi connectivity index (χ0) is 5.33. The van der Waals surface area contributed by atoms with Crippen molar-refractivity contribution >= 4 is 0 Å². The smallest absolute Gasteiger partial charge is 0 e. The molecular weight excluding hydrogens is 175 g/mol. The third kappa shape index (κ3) is 2.56. The number of nitrogens with one attached hydrogen (secondary N) is 1. The predicted octanol–water partition coefficient (Wildman–Crippen LogP) is 1.31. The fraction of sp³-hybridized carbons (Fsp3) is 0.833. The molecule has 0 aromatic rings. The normalized spacial score (nSPS) is 24.8. The molecule has 0 aliphatic carbocycles. The molecule has 1 heterocycles. The van der Waals surface area contributed by atoms with E-state index in [2.05, 4.69) is 25.7 Å². The van der Waals surface area contributed by atoms with Crippen LogP contribution in [0.5, 0.6) is 0 Å². The first-order chi connectivity index (χ1) is 3.21. The Balaban J connectivity index is 0.000000490. The van der Waals surface area contributed by atoms with E-state index in [1.54, 1.807) is 0 Å². The summed E-state index contributed by atoms with van der Waals surface area (Å²) in [5.74, 6) is 0. The first-order valence-electron chi connectivity index (χ1n) is 2.80. The van der Waals surface area contributed by atoms with Crippen molar-refractivity contribution in [2.75, 3.05) is 0 Å². The van der Waals surface area contributed by atoms with Crippen LogP contribution in [0.4, 0.5) is 0 Å². The van der Waals surface area contributed by atoms with Crippen molar-refractivity contribution in [2.24, 2.45) is 0 Å². The molecule has 0 saturated carbocycles. The summed E-state index contributed by atoms with van der Waals surface area (Å²) < 4.78 is 0. The quantitative estimate of drug-likeness (QED) is 0.563. The van der Waals surface area contributed by atoms with Gasteiger partial charge in [-0.15, -0.1) is 0 Å². The largest absolute Gasteiger partial charge is 0.465 e. The molecule has 0 aromatic heterocycles. The summed E-state index contributed by atoms with van der Waals surface area (Å²) in [7, 11) is 0. The standard InChI is InChI=1S/C6H12N.Y/c1-6(2)4-3-5-7-6;/h5,7H,3-4H2,1-2H3;/q-1;. The van der Waals surface area contributed by atoms with E-state index < -0.39 is 0 Å². The van der Waals surface area contributed by atoms with Crippen molar-refractivity contribution in [3.63, 3.8) is 0 Å². The number of hydrogen-bond acceptors (Lipinski definition) is 1. The molecule has 0 unspecified atom stereocenters. The van der Waals surface area contributed by atoms with Crippen LogP contribution in [0.25, 0.3) is 0 Å². The van der Waals surface area contributed by atoms with Crippen LogP contribution in [0, 0.1) is 6.54 Å². The Morgan fingerprint density at radius 2 is 2.12 bits per heavy atom. The van der Waals surface area contributed by atoms with E-state index in [1.165, 1.54) is 12.8 Å². The van der Waals surface area contributed by atoms with E-state index in [1.807, 2.05) is 0 Å². The topological polar surface area (TPSA) is 12.0 Å². The summed E-state index contributed by atoms with van der Waals surface area (Å²) in [6, 6.07) is 0. The van der Waals surface area contributed by atoms with Gasteiger partial charge in [-0.1, -0.05) is 6.42 Å². The van der Waals surface area contributed by atoms with Crippen LogP contribution >= 0.6 is 0 Å². The average molecular weight is 187 g/mol. The second-order valence-electron chi connectivity index (χ2n) is 2.77. The van der Waals surface area contributed by atoms with Gasteiger partial charge in [-0.05, 0) is 19.4 Å². The fourth-order valence-corrected chi connectivity index (χ4v) is 0.854. The molecule has 1 rings (SSSR count). The van der Waals surface area contributed by atoms with Gasteiger partial charge < -0.3 is 5.32 Å². The second-order valence-corrected chi connectivity index (χ2v) is 2.77. The van der Waals surface area contributed by atoms with Crippen LogP contribution in [0.1, 0.15) is 26.7 Å². The summed E-state index contributed by atoms with van der Waals surface area (Å²) in [6.07, 6.45) is 2.51. The molecule has 45 valence electrons. The van der Waals surface area contributed by atoms with Gasteiger partial charge in [0.25, 0.3) is 0 Å². The maximum absolute atomic E-state index is 3.27. The Labute approximate surface area is 76.5 Å². The summed E-state index contributed by atoms with van der Waals surface area (Å²) in [5, 5.41) is 3.27. The number of rotatable bonds is 0. The van der Waals surface area contributed by atoms with E-state index in [4.69, 9.17) is 0 Å². The summed E-state index contributed by atoms with van der Waals surface area (Å²) >= 11 is 0. The Morgan fingerprint density at radius 3 is 2.25 bits per heavy atom. The van der Waals surface area contributed by atoms with E-state index in [0.717, 1.165) is 0 Å². The minimum absolute atomic E-state index is 0. The van der Waals surface area contributed by atoms with Gasteiger partial charge in [-0.2, -0.15) is 6.42 Å². The zero-order valence-corrected chi connectivity index (χ0v) is 8.41. The van der Waals surface area contributed by atoms with Crippen molar-refractivity contribution in [3.8, 4) is 0 Å². The summed E-state index contributed by atoms with van der Waals surface area (Å²) in [6.45, 7) is 6.58. The van der Waals surface area contributed by atoms with Gasteiger partial charge in [0.2, 0.25) is 0 Å². The van der Waals surface area contributed by atoms with Crippen molar-refractivity contribution in [3.05, 3.63) is 6.54 Å². The second kappa shape index (κ2) is 3.29. The van der Waals surface area contributed by atoms with Crippen LogP contribution in [0.3, 0.4) is 0 Å². The average Bonchev–Trinajstić information content (AvgIpc) is 1.84. The zero-order valence-electron chi connectivity index (χ0n) is 5.57. The third-order valence-electron chi connectivity index (χ3n) is 1.41. The molecule has 0 atom stereocenters. The SMILES string of the molecule is CC1(C)CC[CH-]N1.[Y]. The Morgan fingerprint density at radius 1 is 1.50 bits per heavy atom. The van der Waals surface area contributed by atoms with Crippen LogP contribution in [-0.2, 0) is 32.7 Å². The van der Waals surface area contributed by atoms with E-state index in [0.29, 0.717) is 5.54 Å². The van der Waals surface area contributed by atoms with Gasteiger partial charge in [0.1, 0.15) is 0 Å². The number of hydrogen-bond donors (Lipinski definition) is 1. The van der Waals surface area contributed by atoms with Crippen molar-refractivity contribution in [2.45, 2.75) is 32.2 Å². The Hall–Kier alpha value is 1.06. The minimum Gasteiger partial charge on any atom is -0.465 e. The Bertz CT molecular complexity index is 62.9. The first-order valence-corrected chi connectivity index (χ1v) is 2.80. The molecule has 0 spiro atoms. The maximum atomic E-state index is 3.27. The molecule has 0 aromatic carbocycles. The van der Waals surface area contributed by atoms with Crippen LogP contribution in [0.2, 0.25) is 0 Å². The van der Waals surface area contributed by atoms with E-state index in [-0.39, 0.29) is 32.7 Å². The molecule has 1 nitrogen and oxygen atoms in total. The van der Waals surface area contributed by atoms with Crippen LogP contribution < -0.4 is 5.32 Å². The van der Waals surface area contributed by atoms with Crippen molar-refractivity contribution < 1.29 is 32.7 Å². The molecule has 1 aliphatic heterocycles. The summed E-state index contributed by atoms with van der Waals surface area (Å²) in [5.41, 5.74) is 0.389. The van der Waals surface area contributed by atoms with Gasteiger partial charge >= 0.3 is 0 Å². The van der Waals surface area contributed by atoms with Gasteiger partial charge in [-0.25, -0.2) is 0 Å².